The van der Waals surface area contributed by atoms with Crippen molar-refractivity contribution < 1.29 is 12.6 Å². The molecule has 1 aromatic carbocycles. The number of nitrogens with zero attached hydrogens (tertiary/aromatic N) is 2. The third-order valence-electron chi connectivity index (χ3n) is 4.05. The molecule has 25 heavy (non-hydrogen) atoms. The second-order valence-electron chi connectivity index (χ2n) is 6.90. The van der Waals surface area contributed by atoms with E-state index in [1.54, 1.807) is 24.3 Å². The van der Waals surface area contributed by atoms with Crippen LogP contribution in [0.5, 0.6) is 5.75 Å². The van der Waals surface area contributed by atoms with Gasteiger partial charge in [-0.1, -0.05) is 39.0 Å². The Labute approximate surface area is 146 Å². The fraction of sp³-hybridized carbons (Fsp3) is 0.412. The van der Waals surface area contributed by atoms with Crippen LogP contribution in [0, 0.1) is 6.92 Å². The van der Waals surface area contributed by atoms with E-state index in [0.29, 0.717) is 5.56 Å². The highest BCUT2D eigenvalue weighted by molar-refractivity contribution is 7.87. The Kier molecular flexibility index (Phi) is 4.69. The Bertz CT molecular complexity index is 1040. The molecule has 0 aliphatic rings. The van der Waals surface area contributed by atoms with E-state index in [9.17, 15) is 18.0 Å². The lowest BCUT2D eigenvalue weighted by Gasteiger charge is -2.22. The van der Waals surface area contributed by atoms with Crippen LogP contribution >= 0.6 is 0 Å². The number of hydrogen-bond donors (Lipinski definition) is 0. The number of para-hydroxylation sites is 1. The molecule has 0 saturated carbocycles. The molecule has 0 radical (unpaired) electrons. The van der Waals surface area contributed by atoms with Crippen molar-refractivity contribution in [3.63, 3.8) is 0 Å². The van der Waals surface area contributed by atoms with Crippen LogP contribution in [-0.2, 0) is 29.6 Å². The predicted molar refractivity (Wildman–Crippen MR) is 94.6 cm³/mol. The summed E-state index contributed by atoms with van der Waals surface area (Å²) in [6, 6.07) is 6.76. The maximum Gasteiger partial charge on any atom is 0.346 e. The molecule has 0 fully saturated rings. The molecular weight excluding hydrogens is 344 g/mol. The van der Waals surface area contributed by atoms with Gasteiger partial charge in [0, 0.05) is 25.4 Å². The molecule has 2 aromatic rings. The molecule has 0 amide bonds. The Morgan fingerprint density at radius 1 is 1.00 bits per heavy atom. The van der Waals surface area contributed by atoms with E-state index in [0.717, 1.165) is 9.13 Å². The molecule has 0 unspecified atom stereocenters. The molecular formula is C17H22N2O5S. The van der Waals surface area contributed by atoms with Crippen LogP contribution in [0.25, 0.3) is 0 Å². The minimum atomic E-state index is -4.41. The lowest BCUT2D eigenvalue weighted by molar-refractivity contribution is 0.464. The molecule has 0 aliphatic carbocycles. The fourth-order valence-corrected chi connectivity index (χ4v) is 3.84. The zero-order chi connectivity index (χ0) is 19.2. The van der Waals surface area contributed by atoms with E-state index >= 15 is 0 Å². The first-order chi connectivity index (χ1) is 11.4. The zero-order valence-electron chi connectivity index (χ0n) is 15.2. The first-order valence-electron chi connectivity index (χ1n) is 7.68. The third kappa shape index (κ3) is 3.39. The van der Waals surface area contributed by atoms with Gasteiger partial charge in [-0.2, -0.15) is 8.42 Å². The Balaban J connectivity index is 2.69. The van der Waals surface area contributed by atoms with Gasteiger partial charge in [0.25, 0.3) is 5.56 Å². The van der Waals surface area contributed by atoms with Gasteiger partial charge in [-0.25, -0.2) is 4.79 Å². The van der Waals surface area contributed by atoms with Crippen molar-refractivity contribution in [2.24, 2.45) is 14.1 Å². The number of rotatable bonds is 3. The Morgan fingerprint density at radius 3 is 2.12 bits per heavy atom. The molecule has 0 spiro atoms. The summed E-state index contributed by atoms with van der Waals surface area (Å²) in [5.41, 5.74) is -1.14. The molecule has 0 bridgehead atoms. The van der Waals surface area contributed by atoms with E-state index in [2.05, 4.69) is 0 Å². The van der Waals surface area contributed by atoms with Gasteiger partial charge in [-0.15, -0.1) is 0 Å². The van der Waals surface area contributed by atoms with Gasteiger partial charge >= 0.3 is 15.8 Å². The summed E-state index contributed by atoms with van der Waals surface area (Å²) in [5.74, 6) is 0.158. The molecule has 0 atom stereocenters. The van der Waals surface area contributed by atoms with Gasteiger partial charge in [0.05, 0.1) is 0 Å². The van der Waals surface area contributed by atoms with Crippen molar-refractivity contribution in [1.82, 2.24) is 9.13 Å². The summed E-state index contributed by atoms with van der Waals surface area (Å²) < 4.78 is 32.7. The summed E-state index contributed by atoms with van der Waals surface area (Å²) in [6.07, 6.45) is 0. The van der Waals surface area contributed by atoms with E-state index in [1.807, 2.05) is 20.8 Å². The van der Waals surface area contributed by atoms with Crippen LogP contribution in [0.2, 0.25) is 0 Å². The topological polar surface area (TPSA) is 87.4 Å². The summed E-state index contributed by atoms with van der Waals surface area (Å²) >= 11 is 0. The monoisotopic (exact) mass is 366 g/mol. The maximum atomic E-state index is 12.8. The van der Waals surface area contributed by atoms with Crippen LogP contribution in [0.1, 0.15) is 32.0 Å². The minimum absolute atomic E-state index is 0.0290. The molecule has 7 nitrogen and oxygen atoms in total. The molecule has 1 heterocycles. The second-order valence-corrected chi connectivity index (χ2v) is 8.39. The molecule has 0 saturated heterocycles. The van der Waals surface area contributed by atoms with Crippen molar-refractivity contribution in [2.45, 2.75) is 38.0 Å². The van der Waals surface area contributed by atoms with Gasteiger partial charge in [0.15, 0.2) is 4.90 Å². The Hall–Kier alpha value is -2.35. The van der Waals surface area contributed by atoms with Gasteiger partial charge in [0.2, 0.25) is 0 Å². The van der Waals surface area contributed by atoms with Crippen molar-refractivity contribution in [1.29, 1.82) is 0 Å². The maximum absolute atomic E-state index is 12.8. The smallest absolute Gasteiger partial charge is 0.346 e. The standard InChI is InChI=1S/C17H22N2O5S/c1-11-14(15(20)19(6)16(21)18(11)5)25(22,23)24-13-10-8-7-9-12(13)17(2,3)4/h7-10H,1-6H3. The molecule has 8 heteroatoms. The molecule has 2 rings (SSSR count). The van der Waals surface area contributed by atoms with E-state index in [-0.39, 0.29) is 16.9 Å². The van der Waals surface area contributed by atoms with Gasteiger partial charge in [0.1, 0.15) is 5.75 Å². The largest absolute Gasteiger partial charge is 0.378 e. The van der Waals surface area contributed by atoms with Gasteiger partial charge < -0.3 is 4.18 Å². The van der Waals surface area contributed by atoms with Crippen molar-refractivity contribution in [2.75, 3.05) is 0 Å². The quantitative estimate of drug-likeness (QED) is 0.768. The lowest BCUT2D eigenvalue weighted by atomic mass is 9.86. The van der Waals surface area contributed by atoms with Crippen molar-refractivity contribution >= 4 is 10.1 Å². The van der Waals surface area contributed by atoms with Crippen LogP contribution in [-0.4, -0.2) is 17.6 Å². The highest BCUT2D eigenvalue weighted by Gasteiger charge is 2.29. The third-order valence-corrected chi connectivity index (χ3v) is 5.42. The average Bonchev–Trinajstić information content (AvgIpc) is 2.50. The van der Waals surface area contributed by atoms with E-state index in [1.165, 1.54) is 21.0 Å². The number of benzene rings is 1. The molecule has 1 aromatic heterocycles. The number of hydrogen-bond acceptors (Lipinski definition) is 5. The average molecular weight is 366 g/mol. The first-order valence-corrected chi connectivity index (χ1v) is 9.09. The second kappa shape index (κ2) is 6.18. The minimum Gasteiger partial charge on any atom is -0.378 e. The van der Waals surface area contributed by atoms with Crippen LogP contribution in [0.3, 0.4) is 0 Å². The lowest BCUT2D eigenvalue weighted by Crippen LogP contribution is -2.42. The zero-order valence-corrected chi connectivity index (χ0v) is 16.0. The summed E-state index contributed by atoms with van der Waals surface area (Å²) in [5, 5.41) is 0. The molecule has 0 N–H and O–H groups in total. The van der Waals surface area contributed by atoms with Gasteiger partial charge in [-0.3, -0.25) is 13.9 Å². The van der Waals surface area contributed by atoms with Crippen LogP contribution in [0.4, 0.5) is 0 Å². The van der Waals surface area contributed by atoms with E-state index in [4.69, 9.17) is 4.18 Å². The Morgan fingerprint density at radius 2 is 1.56 bits per heavy atom. The predicted octanol–water partition coefficient (Wildman–Crippen LogP) is 1.46. The summed E-state index contributed by atoms with van der Waals surface area (Å²) in [6.45, 7) is 7.18. The molecule has 136 valence electrons. The summed E-state index contributed by atoms with van der Waals surface area (Å²) in [7, 11) is -1.78. The SMILES string of the molecule is Cc1c(S(=O)(=O)Oc2ccccc2C(C)(C)C)c(=O)n(C)c(=O)n1C. The fourth-order valence-electron chi connectivity index (χ4n) is 2.52. The van der Waals surface area contributed by atoms with Crippen LogP contribution < -0.4 is 15.4 Å². The van der Waals surface area contributed by atoms with Gasteiger partial charge in [-0.05, 0) is 18.4 Å². The summed E-state index contributed by atoms with van der Waals surface area (Å²) in [4.78, 5) is 23.8. The van der Waals surface area contributed by atoms with Crippen molar-refractivity contribution in [3.05, 3.63) is 56.4 Å². The first kappa shape index (κ1) is 19.0. The highest BCUT2D eigenvalue weighted by Crippen LogP contribution is 2.32. The van der Waals surface area contributed by atoms with Crippen molar-refractivity contribution in [3.8, 4) is 5.75 Å². The number of aromatic nitrogens is 2. The van der Waals surface area contributed by atoms with E-state index < -0.39 is 26.3 Å². The normalized spacial score (nSPS) is 12.2. The van der Waals surface area contributed by atoms with Crippen LogP contribution in [0.15, 0.2) is 38.8 Å². The molecule has 0 aliphatic heterocycles. The highest BCUT2D eigenvalue weighted by atomic mass is 32.2.